The smallest absolute Gasteiger partial charge is 0.362 e. The average molecular weight is 425 g/mol. The summed E-state index contributed by atoms with van der Waals surface area (Å²) in [5, 5.41) is 8.64. The van der Waals surface area contributed by atoms with Crippen molar-refractivity contribution in [3.63, 3.8) is 0 Å². The molecule has 1 saturated heterocycles. The van der Waals surface area contributed by atoms with Gasteiger partial charge in [-0.15, -0.1) is 5.10 Å². The number of ether oxygens (including phenoxy) is 2. The maximum absolute atomic E-state index is 13.1. The summed E-state index contributed by atoms with van der Waals surface area (Å²) >= 11 is 0. The van der Waals surface area contributed by atoms with E-state index in [0.29, 0.717) is 17.2 Å². The van der Waals surface area contributed by atoms with Crippen LogP contribution in [0.25, 0.3) is 0 Å². The molecule has 3 rings (SSSR count). The third-order valence-electron chi connectivity index (χ3n) is 4.42. The summed E-state index contributed by atoms with van der Waals surface area (Å²) in [4.78, 5) is 39.8. The number of rotatable bonds is 6. The fraction of sp³-hybridized carbons (Fsp3) is 0.150. The predicted octanol–water partition coefficient (Wildman–Crippen LogP) is -1.46. The van der Waals surface area contributed by atoms with E-state index < -0.39 is 23.6 Å². The molecule has 1 heterocycles. The van der Waals surface area contributed by atoms with Crippen LogP contribution in [0.1, 0.15) is 0 Å². The first-order valence-corrected chi connectivity index (χ1v) is 9.04. The predicted molar refractivity (Wildman–Crippen MR) is 112 cm³/mol. The summed E-state index contributed by atoms with van der Waals surface area (Å²) in [5.74, 6) is -2.96. The number of amides is 3. The first-order valence-electron chi connectivity index (χ1n) is 9.04. The molecule has 2 aromatic rings. The molecule has 1 unspecified atom stereocenters. The average Bonchev–Trinajstić information content (AvgIpc) is 3.02. The number of imide groups is 1. The van der Waals surface area contributed by atoms with Gasteiger partial charge < -0.3 is 14.8 Å². The normalized spacial score (nSPS) is 16.9. The molecule has 0 bridgehead atoms. The molecule has 11 nitrogen and oxygen atoms in total. The van der Waals surface area contributed by atoms with E-state index in [9.17, 15) is 14.4 Å². The van der Waals surface area contributed by atoms with Crippen molar-refractivity contribution in [3.05, 3.63) is 48.5 Å². The number of hydrogen-bond donors (Lipinski definition) is 4. The van der Waals surface area contributed by atoms with Gasteiger partial charge in [-0.3, -0.25) is 25.9 Å². The Hall–Kier alpha value is -4.41. The molecule has 1 atom stereocenters. The number of hydrazone groups is 1. The Kier molecular flexibility index (Phi) is 6.15. The van der Waals surface area contributed by atoms with Crippen molar-refractivity contribution < 1.29 is 29.0 Å². The topological polar surface area (TPSA) is 163 Å². The molecule has 0 aromatic heterocycles. The first kappa shape index (κ1) is 21.3. The van der Waals surface area contributed by atoms with Gasteiger partial charge in [0.05, 0.1) is 19.9 Å². The van der Waals surface area contributed by atoms with Crippen molar-refractivity contribution in [3.8, 4) is 11.5 Å². The number of nitrogens with one attached hydrogen (secondary N) is 2. The largest absolute Gasteiger partial charge is 0.497 e. The van der Waals surface area contributed by atoms with Crippen LogP contribution >= 0.6 is 0 Å². The highest BCUT2D eigenvalue weighted by Crippen LogP contribution is 2.28. The molecule has 1 fully saturated rings. The summed E-state index contributed by atoms with van der Waals surface area (Å²) in [6.07, 6.45) is 0. The van der Waals surface area contributed by atoms with Crippen molar-refractivity contribution in [2.45, 2.75) is 0 Å². The van der Waals surface area contributed by atoms with Gasteiger partial charge in [0.25, 0.3) is 11.8 Å². The number of methoxy groups -OCH3 is 2. The van der Waals surface area contributed by atoms with Crippen LogP contribution < -0.4 is 36.3 Å². The van der Waals surface area contributed by atoms with Crippen LogP contribution in [-0.4, -0.2) is 43.6 Å². The fourth-order valence-electron chi connectivity index (χ4n) is 2.92. The third kappa shape index (κ3) is 4.45. The molecule has 6 N–H and O–H groups in total. The van der Waals surface area contributed by atoms with Crippen LogP contribution in [-0.2, 0) is 14.4 Å². The van der Waals surface area contributed by atoms with E-state index in [1.807, 2.05) is 0 Å². The third-order valence-corrected chi connectivity index (χ3v) is 4.42. The van der Waals surface area contributed by atoms with Crippen molar-refractivity contribution in [2.75, 3.05) is 24.4 Å². The minimum atomic E-state index is -1.51. The number of nitrogens with two attached hydrogens (primary N) is 2. The second-order valence-corrected chi connectivity index (χ2v) is 6.39. The van der Waals surface area contributed by atoms with Crippen LogP contribution in [0.2, 0.25) is 0 Å². The Morgan fingerprint density at radius 2 is 1.55 bits per heavy atom. The highest BCUT2D eigenvalue weighted by atomic mass is 16.5. The van der Waals surface area contributed by atoms with Gasteiger partial charge in [-0.1, -0.05) is 0 Å². The van der Waals surface area contributed by atoms with E-state index in [-0.39, 0.29) is 17.4 Å². The monoisotopic (exact) mass is 425 g/mol. The standard InChI is InChI=1S/C20H20N6O5/c1-30-13-7-3-11(4-8-13)23-17(27)15-16(24-25-20(21)22)19(29)26(18(15)28)12-5-9-14(31-2)10-6-12/h3-10,15H,1-2H3,(H,23,27)(H4,21,22,25)/p+1/b24-16+. The van der Waals surface area contributed by atoms with Crippen LogP contribution in [0.5, 0.6) is 11.5 Å². The molecule has 1 aliphatic rings. The van der Waals surface area contributed by atoms with Crippen molar-refractivity contribution >= 4 is 40.8 Å². The Labute approximate surface area is 177 Å². The van der Waals surface area contributed by atoms with Crippen LogP contribution in [0.4, 0.5) is 11.4 Å². The molecule has 31 heavy (non-hydrogen) atoms. The van der Waals surface area contributed by atoms with Crippen molar-refractivity contribution in [1.29, 1.82) is 0 Å². The zero-order chi connectivity index (χ0) is 22.5. The van der Waals surface area contributed by atoms with E-state index in [1.54, 1.807) is 36.4 Å². The van der Waals surface area contributed by atoms with E-state index in [1.165, 1.54) is 26.4 Å². The Balaban J connectivity index is 1.95. The van der Waals surface area contributed by atoms with Gasteiger partial charge in [-0.25, -0.2) is 4.90 Å². The summed E-state index contributed by atoms with van der Waals surface area (Å²) in [5.41, 5.74) is 11.0. The molecular weight excluding hydrogens is 404 g/mol. The van der Waals surface area contributed by atoms with Crippen LogP contribution in [0.15, 0.2) is 53.6 Å². The number of benzene rings is 2. The second kappa shape index (κ2) is 8.95. The van der Waals surface area contributed by atoms with Crippen LogP contribution in [0, 0.1) is 5.92 Å². The van der Waals surface area contributed by atoms with E-state index >= 15 is 0 Å². The van der Waals surface area contributed by atoms with Gasteiger partial charge in [0, 0.05) is 5.69 Å². The highest BCUT2D eigenvalue weighted by Gasteiger charge is 2.50. The maximum Gasteiger partial charge on any atom is 0.362 e. The summed E-state index contributed by atoms with van der Waals surface area (Å²) < 4.78 is 10.2. The van der Waals surface area contributed by atoms with E-state index in [0.717, 1.165) is 4.90 Å². The molecule has 0 saturated carbocycles. The molecule has 0 aliphatic carbocycles. The fourth-order valence-corrected chi connectivity index (χ4v) is 2.92. The quantitative estimate of drug-likeness (QED) is 0.144. The van der Waals surface area contributed by atoms with Gasteiger partial charge in [-0.05, 0) is 48.5 Å². The number of anilines is 2. The molecular formula is C20H21N6O5+. The molecule has 0 radical (unpaired) electrons. The lowest BCUT2D eigenvalue weighted by atomic mass is 10.0. The molecule has 160 valence electrons. The SMILES string of the molecule is COc1ccc(NC(=O)C2C(=O)N(c3ccc(OC)cc3)C(=O)/C2=N/[NH+]=C(N)N)cc1. The lowest BCUT2D eigenvalue weighted by molar-refractivity contribution is -0.464. The van der Waals surface area contributed by atoms with E-state index in [4.69, 9.17) is 20.9 Å². The van der Waals surface area contributed by atoms with E-state index in [2.05, 4.69) is 15.5 Å². The molecule has 3 amide bonds. The zero-order valence-corrected chi connectivity index (χ0v) is 16.8. The number of carbonyl (C=O) groups excluding carboxylic acids is 3. The Morgan fingerprint density at radius 1 is 1.00 bits per heavy atom. The molecule has 11 heteroatoms. The Bertz CT molecular complexity index is 1060. The van der Waals surface area contributed by atoms with Gasteiger partial charge in [0.15, 0.2) is 11.6 Å². The molecule has 0 spiro atoms. The first-order chi connectivity index (χ1) is 14.8. The second-order valence-electron chi connectivity index (χ2n) is 6.39. The van der Waals surface area contributed by atoms with Crippen molar-refractivity contribution in [1.82, 2.24) is 0 Å². The van der Waals surface area contributed by atoms with Crippen LogP contribution in [0.3, 0.4) is 0 Å². The number of guanidine groups is 1. The lowest BCUT2D eigenvalue weighted by Gasteiger charge is -2.14. The Morgan fingerprint density at radius 3 is 2.06 bits per heavy atom. The molecule has 1 aliphatic heterocycles. The summed E-state index contributed by atoms with van der Waals surface area (Å²) in [7, 11) is 3.00. The maximum atomic E-state index is 13.1. The lowest BCUT2D eigenvalue weighted by Crippen LogP contribution is -2.73. The number of carbonyl (C=O) groups is 3. The minimum absolute atomic E-state index is 0.257. The van der Waals surface area contributed by atoms with Gasteiger partial charge in [0.1, 0.15) is 11.5 Å². The van der Waals surface area contributed by atoms with Gasteiger partial charge >= 0.3 is 5.96 Å². The number of nitrogens with zero attached hydrogens (tertiary/aromatic N) is 2. The highest BCUT2D eigenvalue weighted by molar-refractivity contribution is 6.61. The van der Waals surface area contributed by atoms with Gasteiger partial charge in [-0.2, -0.15) is 5.10 Å². The molecule has 2 aromatic carbocycles. The zero-order valence-electron chi connectivity index (χ0n) is 16.8. The van der Waals surface area contributed by atoms with Crippen molar-refractivity contribution in [2.24, 2.45) is 22.5 Å². The minimum Gasteiger partial charge on any atom is -0.497 e. The van der Waals surface area contributed by atoms with Gasteiger partial charge in [0.2, 0.25) is 5.91 Å². The summed E-state index contributed by atoms with van der Waals surface area (Å²) in [6, 6.07) is 12.7. The summed E-state index contributed by atoms with van der Waals surface area (Å²) in [6.45, 7) is 0. The number of hydrogen-bond acceptors (Lipinski definition) is 6.